The highest BCUT2D eigenvalue weighted by molar-refractivity contribution is 7.89. The van der Waals surface area contributed by atoms with E-state index in [4.69, 9.17) is 10.5 Å². The zero-order valence-corrected chi connectivity index (χ0v) is 13.1. The summed E-state index contributed by atoms with van der Waals surface area (Å²) >= 11 is 0. The second kappa shape index (κ2) is 7.33. The van der Waals surface area contributed by atoms with Crippen LogP contribution in [0.15, 0.2) is 29.2 Å². The number of rotatable bonds is 6. The second-order valence-electron chi connectivity index (χ2n) is 5.25. The van der Waals surface area contributed by atoms with E-state index in [1.165, 1.54) is 0 Å². The maximum absolute atomic E-state index is 12.5. The van der Waals surface area contributed by atoms with Gasteiger partial charge in [0, 0.05) is 32.2 Å². The highest BCUT2D eigenvalue weighted by Crippen LogP contribution is 2.15. The monoisotopic (exact) mass is 313 g/mol. The zero-order chi connectivity index (χ0) is 15.3. The summed E-state index contributed by atoms with van der Waals surface area (Å²) in [6, 6.07) is 6.66. The summed E-state index contributed by atoms with van der Waals surface area (Å²) in [5.74, 6) is 0. The Bertz CT molecular complexity index is 556. The minimum absolute atomic E-state index is 0.168. The molecule has 0 aliphatic carbocycles. The van der Waals surface area contributed by atoms with Gasteiger partial charge in [-0.25, -0.2) is 13.1 Å². The molecule has 1 aromatic rings. The molecule has 1 aromatic carbocycles. The van der Waals surface area contributed by atoms with Gasteiger partial charge in [0.2, 0.25) is 10.0 Å². The van der Waals surface area contributed by atoms with Gasteiger partial charge in [0.1, 0.15) is 0 Å². The van der Waals surface area contributed by atoms with Gasteiger partial charge in [-0.1, -0.05) is 18.2 Å². The van der Waals surface area contributed by atoms with Crippen LogP contribution in [0.1, 0.15) is 12.5 Å². The quantitative estimate of drug-likeness (QED) is 0.781. The molecule has 0 radical (unpaired) electrons. The molecule has 1 unspecified atom stereocenters. The number of ether oxygens (including phenoxy) is 1. The molecule has 2 rings (SSSR count). The normalized spacial score (nSPS) is 18.6. The SMILES string of the molecule is CC(CN1CCOCC1)NS(=O)(=O)c1ccccc1CN. The minimum Gasteiger partial charge on any atom is -0.379 e. The van der Waals surface area contributed by atoms with E-state index in [-0.39, 0.29) is 17.5 Å². The Balaban J connectivity index is 2.02. The van der Waals surface area contributed by atoms with Crippen molar-refractivity contribution in [2.75, 3.05) is 32.8 Å². The van der Waals surface area contributed by atoms with Crippen LogP contribution >= 0.6 is 0 Å². The first kappa shape index (κ1) is 16.4. The number of nitrogens with two attached hydrogens (primary N) is 1. The summed E-state index contributed by atoms with van der Waals surface area (Å²) in [5, 5.41) is 0. The first-order chi connectivity index (χ1) is 10.0. The summed E-state index contributed by atoms with van der Waals surface area (Å²) < 4.78 is 32.9. The van der Waals surface area contributed by atoms with E-state index in [9.17, 15) is 8.42 Å². The number of nitrogens with zero attached hydrogens (tertiary/aromatic N) is 1. The van der Waals surface area contributed by atoms with Crippen molar-refractivity contribution in [3.8, 4) is 0 Å². The van der Waals surface area contributed by atoms with Gasteiger partial charge in [-0.15, -0.1) is 0 Å². The number of sulfonamides is 1. The van der Waals surface area contributed by atoms with Crippen molar-refractivity contribution in [1.29, 1.82) is 0 Å². The number of hydrogen-bond donors (Lipinski definition) is 2. The van der Waals surface area contributed by atoms with Crippen LogP contribution in [-0.4, -0.2) is 52.2 Å². The molecule has 0 bridgehead atoms. The molecule has 7 heteroatoms. The fraction of sp³-hybridized carbons (Fsp3) is 0.571. The van der Waals surface area contributed by atoms with Crippen LogP contribution in [0.5, 0.6) is 0 Å². The lowest BCUT2D eigenvalue weighted by molar-refractivity contribution is 0.0354. The van der Waals surface area contributed by atoms with E-state index in [1.54, 1.807) is 24.3 Å². The van der Waals surface area contributed by atoms with Crippen LogP contribution in [-0.2, 0) is 21.3 Å². The highest BCUT2D eigenvalue weighted by atomic mass is 32.2. The predicted molar refractivity (Wildman–Crippen MR) is 81.4 cm³/mol. The van der Waals surface area contributed by atoms with E-state index in [0.717, 1.165) is 13.1 Å². The van der Waals surface area contributed by atoms with Crippen LogP contribution < -0.4 is 10.5 Å². The summed E-state index contributed by atoms with van der Waals surface area (Å²) in [4.78, 5) is 2.47. The molecule has 0 saturated carbocycles. The van der Waals surface area contributed by atoms with Gasteiger partial charge in [0.05, 0.1) is 18.1 Å². The van der Waals surface area contributed by atoms with Crippen LogP contribution in [0, 0.1) is 0 Å². The van der Waals surface area contributed by atoms with Gasteiger partial charge < -0.3 is 10.5 Å². The molecular weight excluding hydrogens is 290 g/mol. The average molecular weight is 313 g/mol. The van der Waals surface area contributed by atoms with E-state index < -0.39 is 10.0 Å². The third-order valence-electron chi connectivity index (χ3n) is 3.47. The van der Waals surface area contributed by atoms with Crippen molar-refractivity contribution >= 4 is 10.0 Å². The molecule has 0 amide bonds. The van der Waals surface area contributed by atoms with Gasteiger partial charge >= 0.3 is 0 Å². The van der Waals surface area contributed by atoms with Crippen LogP contribution in [0.25, 0.3) is 0 Å². The van der Waals surface area contributed by atoms with Crippen molar-refractivity contribution in [2.24, 2.45) is 5.73 Å². The molecule has 21 heavy (non-hydrogen) atoms. The number of morpholine rings is 1. The molecule has 1 atom stereocenters. The molecule has 1 aliphatic heterocycles. The molecule has 1 heterocycles. The first-order valence-corrected chi connectivity index (χ1v) is 8.61. The molecule has 1 saturated heterocycles. The smallest absolute Gasteiger partial charge is 0.241 e. The lowest BCUT2D eigenvalue weighted by Crippen LogP contribution is -2.46. The number of hydrogen-bond acceptors (Lipinski definition) is 5. The molecule has 3 N–H and O–H groups in total. The molecule has 1 aliphatic rings. The van der Waals surface area contributed by atoms with Gasteiger partial charge in [-0.3, -0.25) is 4.90 Å². The first-order valence-electron chi connectivity index (χ1n) is 7.13. The Labute approximate surface area is 126 Å². The Kier molecular flexibility index (Phi) is 5.72. The molecule has 6 nitrogen and oxygen atoms in total. The van der Waals surface area contributed by atoms with E-state index in [2.05, 4.69) is 9.62 Å². The third-order valence-corrected chi connectivity index (χ3v) is 5.16. The lowest BCUT2D eigenvalue weighted by atomic mass is 10.2. The lowest BCUT2D eigenvalue weighted by Gasteiger charge is -2.29. The minimum atomic E-state index is -3.54. The average Bonchev–Trinajstić information content (AvgIpc) is 2.47. The summed E-state index contributed by atoms with van der Waals surface area (Å²) in [6.45, 7) is 5.84. The van der Waals surface area contributed by atoms with Gasteiger partial charge in [-0.2, -0.15) is 0 Å². The molecular formula is C14H23N3O3S. The standard InChI is InChI=1S/C14H23N3O3S/c1-12(11-17-6-8-20-9-7-17)16-21(18,19)14-5-3-2-4-13(14)10-15/h2-5,12,16H,6-11,15H2,1H3. The summed E-state index contributed by atoms with van der Waals surface area (Å²) in [7, 11) is -3.54. The van der Waals surface area contributed by atoms with Gasteiger partial charge in [0.15, 0.2) is 0 Å². The Hall–Kier alpha value is -0.990. The number of benzene rings is 1. The fourth-order valence-corrected chi connectivity index (χ4v) is 3.96. The summed E-state index contributed by atoms with van der Waals surface area (Å²) in [6.07, 6.45) is 0. The zero-order valence-electron chi connectivity index (χ0n) is 12.3. The number of nitrogens with one attached hydrogen (secondary N) is 1. The Morgan fingerprint density at radius 3 is 2.67 bits per heavy atom. The van der Waals surface area contributed by atoms with Crippen molar-refractivity contribution < 1.29 is 13.2 Å². The predicted octanol–water partition coefficient (Wildman–Crippen LogP) is 0.144. The largest absolute Gasteiger partial charge is 0.379 e. The maximum atomic E-state index is 12.5. The second-order valence-corrected chi connectivity index (χ2v) is 6.93. The molecule has 118 valence electrons. The Morgan fingerprint density at radius 1 is 1.33 bits per heavy atom. The fourth-order valence-electron chi connectivity index (χ4n) is 2.47. The van der Waals surface area contributed by atoms with Gasteiger partial charge in [-0.05, 0) is 18.6 Å². The summed E-state index contributed by atoms with van der Waals surface area (Å²) in [5.41, 5.74) is 6.24. The molecule has 0 aromatic heterocycles. The van der Waals surface area contributed by atoms with Crippen LogP contribution in [0.3, 0.4) is 0 Å². The van der Waals surface area contributed by atoms with Crippen molar-refractivity contribution in [2.45, 2.75) is 24.4 Å². The van der Waals surface area contributed by atoms with Crippen LogP contribution in [0.4, 0.5) is 0 Å². The topological polar surface area (TPSA) is 84.7 Å². The van der Waals surface area contributed by atoms with E-state index in [0.29, 0.717) is 25.3 Å². The van der Waals surface area contributed by atoms with Crippen molar-refractivity contribution in [3.05, 3.63) is 29.8 Å². The molecule has 0 spiro atoms. The maximum Gasteiger partial charge on any atom is 0.241 e. The van der Waals surface area contributed by atoms with E-state index >= 15 is 0 Å². The van der Waals surface area contributed by atoms with E-state index in [1.807, 2.05) is 6.92 Å². The van der Waals surface area contributed by atoms with Crippen molar-refractivity contribution in [1.82, 2.24) is 9.62 Å². The van der Waals surface area contributed by atoms with Crippen molar-refractivity contribution in [3.63, 3.8) is 0 Å². The third kappa shape index (κ3) is 4.49. The molecule has 1 fully saturated rings. The van der Waals surface area contributed by atoms with Crippen LogP contribution in [0.2, 0.25) is 0 Å². The Morgan fingerprint density at radius 2 is 2.00 bits per heavy atom. The van der Waals surface area contributed by atoms with Gasteiger partial charge in [0.25, 0.3) is 0 Å². The highest BCUT2D eigenvalue weighted by Gasteiger charge is 2.22.